The molecule has 0 saturated heterocycles. The van der Waals surface area contributed by atoms with Crippen molar-refractivity contribution in [3.05, 3.63) is 71.4 Å². The molecule has 0 aliphatic rings. The molecule has 0 aliphatic heterocycles. The highest BCUT2D eigenvalue weighted by molar-refractivity contribution is 9.10. The Balaban J connectivity index is 1.48. The van der Waals surface area contributed by atoms with E-state index in [0.29, 0.717) is 22.4 Å². The number of anilines is 1. The van der Waals surface area contributed by atoms with Crippen molar-refractivity contribution >= 4 is 55.8 Å². The van der Waals surface area contributed by atoms with Crippen molar-refractivity contribution in [3.8, 4) is 11.6 Å². The van der Waals surface area contributed by atoms with Gasteiger partial charge in [-0.25, -0.2) is 9.97 Å². The van der Waals surface area contributed by atoms with Gasteiger partial charge in [-0.2, -0.15) is 4.52 Å². The highest BCUT2D eigenvalue weighted by Crippen LogP contribution is 2.27. The van der Waals surface area contributed by atoms with Gasteiger partial charge in [-0.15, -0.1) is 5.10 Å². The number of hydrogen-bond donors (Lipinski definition) is 1. The van der Waals surface area contributed by atoms with E-state index in [2.05, 4.69) is 31.3 Å². The number of amides is 1. The average Bonchev–Trinajstić information content (AvgIpc) is 3.44. The number of carbonyl (C=O) groups excluding carboxylic acids is 1. The normalized spacial score (nSPS) is 11.2. The van der Waals surface area contributed by atoms with Gasteiger partial charge in [0.05, 0.1) is 23.2 Å². The number of aromatic nitrogens is 4. The average molecular weight is 480 g/mol. The molecule has 30 heavy (non-hydrogen) atoms. The van der Waals surface area contributed by atoms with Crippen molar-refractivity contribution in [2.45, 2.75) is 5.16 Å². The third-order valence-corrected chi connectivity index (χ3v) is 5.99. The molecule has 3 heterocycles. The second-order valence-electron chi connectivity index (χ2n) is 6.38. The van der Waals surface area contributed by atoms with Crippen LogP contribution in [-0.4, -0.2) is 31.2 Å². The molecule has 0 radical (unpaired) electrons. The molecule has 5 rings (SSSR count). The van der Waals surface area contributed by atoms with E-state index in [9.17, 15) is 4.79 Å². The first-order valence-corrected chi connectivity index (χ1v) is 10.8. The van der Waals surface area contributed by atoms with E-state index < -0.39 is 0 Å². The van der Waals surface area contributed by atoms with E-state index >= 15 is 0 Å². The second kappa shape index (κ2) is 7.92. The fourth-order valence-corrected chi connectivity index (χ4v) is 4.14. The van der Waals surface area contributed by atoms with Crippen LogP contribution in [-0.2, 0) is 4.79 Å². The van der Waals surface area contributed by atoms with Crippen molar-refractivity contribution in [1.82, 2.24) is 19.6 Å². The summed E-state index contributed by atoms with van der Waals surface area (Å²) >= 11 is 4.74. The fraction of sp³-hybridized carbons (Fsp3) is 0.0476. The Kier molecular flexibility index (Phi) is 4.97. The zero-order chi connectivity index (χ0) is 20.5. The Morgan fingerprint density at radius 2 is 1.90 bits per heavy atom. The molecule has 0 spiro atoms. The molecular weight excluding hydrogens is 466 g/mol. The largest absolute Gasteiger partial charge is 0.461 e. The Hall–Kier alpha value is -3.17. The first-order chi connectivity index (χ1) is 14.7. The van der Waals surface area contributed by atoms with Gasteiger partial charge in [0.2, 0.25) is 11.7 Å². The van der Waals surface area contributed by atoms with E-state index in [4.69, 9.17) is 9.40 Å². The van der Waals surface area contributed by atoms with Crippen molar-refractivity contribution in [2.75, 3.05) is 11.1 Å². The highest BCUT2D eigenvalue weighted by Gasteiger charge is 2.17. The summed E-state index contributed by atoms with van der Waals surface area (Å²) in [7, 11) is 0. The number of halogens is 1. The molecule has 5 aromatic rings. The summed E-state index contributed by atoms with van der Waals surface area (Å²) in [6.45, 7) is 0. The molecular formula is C21H14BrN5O2S. The predicted molar refractivity (Wildman–Crippen MR) is 119 cm³/mol. The zero-order valence-corrected chi connectivity index (χ0v) is 17.9. The van der Waals surface area contributed by atoms with Crippen LogP contribution in [0.25, 0.3) is 28.1 Å². The minimum Gasteiger partial charge on any atom is -0.461 e. The van der Waals surface area contributed by atoms with Gasteiger partial charge in [-0.05, 0) is 52.3 Å². The number of carbonyl (C=O) groups is 1. The third-order valence-electron chi connectivity index (χ3n) is 4.37. The van der Waals surface area contributed by atoms with Crippen LogP contribution in [0, 0.1) is 0 Å². The molecule has 0 aliphatic carbocycles. The molecule has 0 saturated carbocycles. The molecule has 1 N–H and O–H groups in total. The van der Waals surface area contributed by atoms with Gasteiger partial charge in [0.25, 0.3) is 0 Å². The summed E-state index contributed by atoms with van der Waals surface area (Å²) in [5, 5.41) is 8.93. The van der Waals surface area contributed by atoms with Gasteiger partial charge in [-0.3, -0.25) is 4.79 Å². The lowest BCUT2D eigenvalue weighted by atomic mass is 10.2. The van der Waals surface area contributed by atoms with Crippen molar-refractivity contribution < 1.29 is 9.21 Å². The van der Waals surface area contributed by atoms with Gasteiger partial charge in [0, 0.05) is 9.86 Å². The lowest BCUT2D eigenvalue weighted by Gasteiger charge is -2.08. The van der Waals surface area contributed by atoms with E-state index in [1.807, 2.05) is 54.6 Å². The number of fused-ring (bicyclic) bond motifs is 3. The van der Waals surface area contributed by atoms with Crippen LogP contribution < -0.4 is 5.32 Å². The lowest BCUT2D eigenvalue weighted by molar-refractivity contribution is -0.113. The molecule has 3 aromatic heterocycles. The third kappa shape index (κ3) is 3.57. The summed E-state index contributed by atoms with van der Waals surface area (Å²) in [4.78, 5) is 21.8. The number of hydrogen-bond acceptors (Lipinski definition) is 6. The van der Waals surface area contributed by atoms with Gasteiger partial charge in [-0.1, -0.05) is 36.0 Å². The minimum absolute atomic E-state index is 0.138. The molecule has 0 fully saturated rings. The quantitative estimate of drug-likeness (QED) is 0.281. The second-order valence-corrected chi connectivity index (χ2v) is 8.17. The fourth-order valence-electron chi connectivity index (χ4n) is 3.01. The lowest BCUT2D eigenvalue weighted by Crippen LogP contribution is -2.15. The van der Waals surface area contributed by atoms with Gasteiger partial charge in [0.15, 0.2) is 16.6 Å². The number of nitrogens with zero attached hydrogens (tertiary/aromatic N) is 4. The summed E-state index contributed by atoms with van der Waals surface area (Å²) in [6, 6.07) is 18.8. The van der Waals surface area contributed by atoms with Crippen molar-refractivity contribution in [2.24, 2.45) is 0 Å². The summed E-state index contributed by atoms with van der Waals surface area (Å²) < 4.78 is 7.93. The molecule has 0 bridgehead atoms. The van der Waals surface area contributed by atoms with E-state index in [0.717, 1.165) is 21.1 Å². The molecule has 148 valence electrons. The van der Waals surface area contributed by atoms with Crippen LogP contribution in [0.1, 0.15) is 0 Å². The maximum Gasteiger partial charge on any atom is 0.234 e. The Morgan fingerprint density at radius 3 is 2.73 bits per heavy atom. The monoisotopic (exact) mass is 479 g/mol. The number of rotatable bonds is 5. The first kappa shape index (κ1) is 18.8. The smallest absolute Gasteiger partial charge is 0.234 e. The Morgan fingerprint density at radius 1 is 1.07 bits per heavy atom. The molecule has 1 amide bonds. The number of nitrogens with one attached hydrogen (secondary N) is 1. The summed E-state index contributed by atoms with van der Waals surface area (Å²) in [6.07, 6.45) is 1.58. The van der Waals surface area contributed by atoms with Gasteiger partial charge in [0.1, 0.15) is 0 Å². The van der Waals surface area contributed by atoms with Crippen LogP contribution in [0.5, 0.6) is 0 Å². The number of furan rings is 1. The molecule has 0 atom stereocenters. The SMILES string of the molecule is O=C(CSc1nc2ccccc2c2nc(-c3ccco3)nn12)Nc1ccccc1Br. The van der Waals surface area contributed by atoms with Crippen LogP contribution in [0.2, 0.25) is 0 Å². The van der Waals surface area contributed by atoms with Crippen molar-refractivity contribution in [3.63, 3.8) is 0 Å². The van der Waals surface area contributed by atoms with Gasteiger partial charge >= 0.3 is 0 Å². The molecule has 7 nitrogen and oxygen atoms in total. The summed E-state index contributed by atoms with van der Waals surface area (Å²) in [5.41, 5.74) is 2.18. The van der Waals surface area contributed by atoms with Crippen LogP contribution in [0.15, 0.2) is 81.0 Å². The van der Waals surface area contributed by atoms with Crippen LogP contribution in [0.3, 0.4) is 0 Å². The van der Waals surface area contributed by atoms with Crippen LogP contribution in [0.4, 0.5) is 5.69 Å². The number of para-hydroxylation sites is 2. The summed E-state index contributed by atoms with van der Waals surface area (Å²) in [5.74, 6) is 1.09. The first-order valence-electron chi connectivity index (χ1n) is 9.05. The van der Waals surface area contributed by atoms with Crippen LogP contribution >= 0.6 is 27.7 Å². The Bertz CT molecular complexity index is 1370. The Labute approximate surface area is 183 Å². The maximum atomic E-state index is 12.5. The zero-order valence-electron chi connectivity index (χ0n) is 15.4. The minimum atomic E-state index is -0.138. The highest BCUT2D eigenvalue weighted by atomic mass is 79.9. The predicted octanol–water partition coefficient (Wildman–Crippen LogP) is 5.03. The molecule has 2 aromatic carbocycles. The maximum absolute atomic E-state index is 12.5. The molecule has 0 unspecified atom stereocenters. The van der Waals surface area contributed by atoms with E-state index in [1.54, 1.807) is 16.8 Å². The van der Waals surface area contributed by atoms with E-state index in [-0.39, 0.29) is 11.7 Å². The number of benzene rings is 2. The van der Waals surface area contributed by atoms with Gasteiger partial charge < -0.3 is 9.73 Å². The topological polar surface area (TPSA) is 85.3 Å². The standard InChI is InChI=1S/C21H14BrN5O2S/c22-14-7-2-4-9-16(14)23-18(28)12-30-21-24-15-8-3-1-6-13(15)20-25-19(26-27(20)21)17-10-5-11-29-17/h1-11H,12H2,(H,23,28). The van der Waals surface area contributed by atoms with E-state index in [1.165, 1.54) is 11.8 Å². The molecule has 9 heteroatoms. The van der Waals surface area contributed by atoms with Crippen molar-refractivity contribution in [1.29, 1.82) is 0 Å². The number of thioether (sulfide) groups is 1.